The van der Waals surface area contributed by atoms with Gasteiger partial charge in [-0.25, -0.2) is 4.98 Å². The molecule has 1 aromatic heterocycles. The van der Waals surface area contributed by atoms with Crippen molar-refractivity contribution in [2.45, 2.75) is 78.6 Å². The summed E-state index contributed by atoms with van der Waals surface area (Å²) in [7, 11) is 1.57. The quantitative estimate of drug-likeness (QED) is 0.313. The molecule has 2 bridgehead atoms. The van der Waals surface area contributed by atoms with Crippen LogP contribution in [0.3, 0.4) is 0 Å². The molecule has 4 rings (SSSR count). The minimum absolute atomic E-state index is 0.0491. The Bertz CT molecular complexity index is 1780. The van der Waals surface area contributed by atoms with Crippen molar-refractivity contribution in [3.63, 3.8) is 0 Å². The summed E-state index contributed by atoms with van der Waals surface area (Å²) in [5.41, 5.74) is 3.77. The van der Waals surface area contributed by atoms with Crippen LogP contribution in [0.2, 0.25) is 0 Å². The van der Waals surface area contributed by atoms with Crippen LogP contribution in [0.15, 0.2) is 53.9 Å². The second kappa shape index (κ2) is 17.9. The van der Waals surface area contributed by atoms with Gasteiger partial charge in [-0.05, 0) is 56.7 Å². The number of benzene rings is 2. The number of nitrogens with one attached hydrogen (secondary N) is 4. The van der Waals surface area contributed by atoms with Gasteiger partial charge in [0.2, 0.25) is 29.5 Å². The number of hydrogen-bond donors (Lipinski definition) is 4. The van der Waals surface area contributed by atoms with Gasteiger partial charge in [0.15, 0.2) is 0 Å². The van der Waals surface area contributed by atoms with E-state index in [2.05, 4.69) is 26.3 Å². The van der Waals surface area contributed by atoms with Crippen LogP contribution >= 0.6 is 11.3 Å². The first-order valence-corrected chi connectivity index (χ1v) is 18.3. The number of nitrogens with zero attached hydrogens (tertiary/aromatic N) is 3. The number of aromatic nitrogens is 1. The lowest BCUT2D eigenvalue weighted by Gasteiger charge is -2.29. The minimum Gasteiger partial charge on any atom is -0.345 e. The molecular formula is C38H49N7O6S. The molecule has 0 unspecified atom stereocenters. The van der Waals surface area contributed by atoms with Gasteiger partial charge in [0.05, 0.1) is 19.0 Å². The first-order chi connectivity index (χ1) is 24.6. The molecule has 6 amide bonds. The Labute approximate surface area is 308 Å². The summed E-state index contributed by atoms with van der Waals surface area (Å²) in [6, 6.07) is 11.8. The number of likely N-dealkylation sites (N-methyl/N-ethyl adjacent to an activating group) is 1. The predicted octanol–water partition coefficient (Wildman–Crippen LogP) is 2.47. The van der Waals surface area contributed by atoms with Crippen molar-refractivity contribution in [3.05, 3.63) is 86.9 Å². The van der Waals surface area contributed by atoms with Gasteiger partial charge in [0.1, 0.15) is 28.8 Å². The largest absolute Gasteiger partial charge is 0.345 e. The minimum atomic E-state index is -1.02. The highest BCUT2D eigenvalue weighted by atomic mass is 32.1. The predicted molar refractivity (Wildman–Crippen MR) is 198 cm³/mol. The van der Waals surface area contributed by atoms with Crippen LogP contribution in [-0.4, -0.2) is 95.0 Å². The summed E-state index contributed by atoms with van der Waals surface area (Å²) in [4.78, 5) is 88.1. The fourth-order valence-electron chi connectivity index (χ4n) is 5.80. The van der Waals surface area contributed by atoms with Gasteiger partial charge < -0.3 is 31.1 Å². The van der Waals surface area contributed by atoms with Crippen molar-refractivity contribution >= 4 is 46.8 Å². The van der Waals surface area contributed by atoms with E-state index in [4.69, 9.17) is 0 Å². The molecule has 4 N–H and O–H groups in total. The van der Waals surface area contributed by atoms with E-state index < -0.39 is 53.7 Å². The van der Waals surface area contributed by atoms with Crippen molar-refractivity contribution in [1.29, 1.82) is 0 Å². The van der Waals surface area contributed by atoms with Gasteiger partial charge in [-0.15, -0.1) is 11.3 Å². The van der Waals surface area contributed by atoms with Crippen molar-refractivity contribution in [1.82, 2.24) is 36.1 Å². The van der Waals surface area contributed by atoms with Crippen molar-refractivity contribution in [3.8, 4) is 0 Å². The van der Waals surface area contributed by atoms with Gasteiger partial charge in [-0.1, -0.05) is 67.9 Å². The monoisotopic (exact) mass is 731 g/mol. The van der Waals surface area contributed by atoms with Crippen molar-refractivity contribution < 1.29 is 28.8 Å². The maximum absolute atomic E-state index is 13.9. The lowest BCUT2D eigenvalue weighted by atomic mass is 10.0. The molecule has 3 aromatic rings. The summed E-state index contributed by atoms with van der Waals surface area (Å²) in [6.07, 6.45) is 0.424. The van der Waals surface area contributed by atoms with E-state index in [9.17, 15) is 28.8 Å². The molecular weight excluding hydrogens is 683 g/mol. The number of amides is 6. The Hall–Kier alpha value is -5.11. The molecule has 2 heterocycles. The molecule has 14 heteroatoms. The lowest BCUT2D eigenvalue weighted by Crippen LogP contribution is -2.57. The van der Waals surface area contributed by atoms with E-state index in [-0.39, 0.29) is 43.6 Å². The highest BCUT2D eigenvalue weighted by Crippen LogP contribution is 2.23. The third-order valence-electron chi connectivity index (χ3n) is 9.00. The molecule has 0 saturated heterocycles. The maximum atomic E-state index is 13.9. The number of aryl methyl sites for hydroxylation is 2. The highest BCUT2D eigenvalue weighted by molar-refractivity contribution is 7.09. The first kappa shape index (κ1) is 39.7. The molecule has 0 saturated carbocycles. The number of carbonyl (C=O) groups is 6. The molecule has 0 aliphatic carbocycles. The third kappa shape index (κ3) is 10.7. The zero-order chi connectivity index (χ0) is 38.1. The van der Waals surface area contributed by atoms with E-state index in [1.54, 1.807) is 33.2 Å². The van der Waals surface area contributed by atoms with Gasteiger partial charge in [-0.3, -0.25) is 28.8 Å². The Morgan fingerprint density at radius 1 is 0.904 bits per heavy atom. The molecule has 13 nitrogen and oxygen atoms in total. The molecule has 0 spiro atoms. The number of hydrogen-bond acceptors (Lipinski definition) is 8. The number of rotatable bonds is 5. The fraction of sp³-hybridized carbons (Fsp3) is 0.447. The van der Waals surface area contributed by atoms with Crippen molar-refractivity contribution in [2.24, 2.45) is 5.92 Å². The van der Waals surface area contributed by atoms with E-state index in [1.165, 1.54) is 28.1 Å². The molecule has 1 aliphatic rings. The van der Waals surface area contributed by atoms with E-state index in [1.807, 2.05) is 62.4 Å². The summed E-state index contributed by atoms with van der Waals surface area (Å²) >= 11 is 1.19. The maximum Gasteiger partial charge on any atom is 0.271 e. The van der Waals surface area contributed by atoms with Crippen LogP contribution in [0.1, 0.15) is 71.5 Å². The standard InChI is InChI=1S/C38H49N7O6S/c1-22(2)33-36(50)40-26(6)38(51)44(7)15-16-45(32(47)19-28-17-23(3)13-14-24(28)4)20-31(46)41-29(18-27-11-9-8-10-12-27)37-42-30(21-52-37)35(49)39-25(5)34(48)43-33/h8-14,17,21-22,25-26,29,33H,15-16,18-20H2,1-7H3,(H,39,49)(H,40,50)(H,41,46)(H,43,48)/t25-,26+,29-,33-/m0/s1. The van der Waals surface area contributed by atoms with Crippen LogP contribution in [0.4, 0.5) is 0 Å². The smallest absolute Gasteiger partial charge is 0.271 e. The third-order valence-corrected chi connectivity index (χ3v) is 9.96. The summed E-state index contributed by atoms with van der Waals surface area (Å²) in [5, 5.41) is 13.1. The number of fused-ring (bicyclic) bond motifs is 2. The highest BCUT2D eigenvalue weighted by Gasteiger charge is 2.31. The Balaban J connectivity index is 1.68. The van der Waals surface area contributed by atoms with E-state index >= 15 is 0 Å². The van der Waals surface area contributed by atoms with E-state index in [0.29, 0.717) is 11.4 Å². The molecule has 0 fully saturated rings. The second-order valence-electron chi connectivity index (χ2n) is 13.7. The van der Waals surface area contributed by atoms with E-state index in [0.717, 1.165) is 22.3 Å². The number of carbonyl (C=O) groups excluding carboxylic acids is 6. The fourth-order valence-corrected chi connectivity index (χ4v) is 6.65. The Kier molecular flexibility index (Phi) is 13.7. The Morgan fingerprint density at radius 3 is 2.31 bits per heavy atom. The van der Waals surface area contributed by atoms with Crippen molar-refractivity contribution in [2.75, 3.05) is 26.7 Å². The molecule has 1 aliphatic heterocycles. The molecule has 4 atom stereocenters. The lowest BCUT2D eigenvalue weighted by molar-refractivity contribution is -0.138. The SMILES string of the molecule is Cc1ccc(C)c(CC(=O)N2CCN(C)C(=O)[C@@H](C)NC(=O)[C@H](C(C)C)NC(=O)[C@H](C)NC(=O)c3csc(n3)[C@H](Cc3ccccc3)NC(=O)C2)c1. The number of thiazole rings is 1. The van der Waals surface area contributed by atoms with Crippen LogP contribution in [0, 0.1) is 19.8 Å². The van der Waals surface area contributed by atoms with Gasteiger partial charge in [0, 0.05) is 25.5 Å². The molecule has 0 radical (unpaired) electrons. The summed E-state index contributed by atoms with van der Waals surface area (Å²) < 4.78 is 0. The average molecular weight is 732 g/mol. The molecule has 2 aromatic carbocycles. The molecule has 52 heavy (non-hydrogen) atoms. The Morgan fingerprint density at radius 2 is 1.62 bits per heavy atom. The van der Waals surface area contributed by atoms with Crippen LogP contribution in [-0.2, 0) is 36.8 Å². The van der Waals surface area contributed by atoms with Gasteiger partial charge in [-0.2, -0.15) is 0 Å². The van der Waals surface area contributed by atoms with Crippen LogP contribution in [0.5, 0.6) is 0 Å². The molecule has 278 valence electrons. The van der Waals surface area contributed by atoms with Gasteiger partial charge >= 0.3 is 0 Å². The summed E-state index contributed by atoms with van der Waals surface area (Å²) in [6.45, 7) is 10.3. The van der Waals surface area contributed by atoms with Gasteiger partial charge in [0.25, 0.3) is 5.91 Å². The van der Waals surface area contributed by atoms with Crippen LogP contribution < -0.4 is 21.3 Å². The van der Waals surface area contributed by atoms with Crippen LogP contribution in [0.25, 0.3) is 0 Å². The zero-order valence-electron chi connectivity index (χ0n) is 30.8. The zero-order valence-corrected chi connectivity index (χ0v) is 31.6. The second-order valence-corrected chi connectivity index (χ2v) is 14.6. The topological polar surface area (TPSA) is 170 Å². The summed E-state index contributed by atoms with van der Waals surface area (Å²) in [5.74, 6) is -3.22. The average Bonchev–Trinajstić information content (AvgIpc) is 3.60. The first-order valence-electron chi connectivity index (χ1n) is 17.4. The normalized spacial score (nSPS) is 21.5.